The summed E-state index contributed by atoms with van der Waals surface area (Å²) in [6.45, 7) is 3.73. The van der Waals surface area contributed by atoms with E-state index >= 15 is 0 Å². The zero-order valence-electron chi connectivity index (χ0n) is 16.0. The van der Waals surface area contributed by atoms with Crippen LogP contribution in [0.15, 0.2) is 52.7 Å². The lowest BCUT2D eigenvalue weighted by molar-refractivity contribution is -0.132. The Morgan fingerprint density at radius 2 is 1.93 bits per heavy atom. The molecule has 7 nitrogen and oxygen atoms in total. The van der Waals surface area contributed by atoms with E-state index in [2.05, 4.69) is 4.98 Å². The van der Waals surface area contributed by atoms with Gasteiger partial charge in [0, 0.05) is 10.4 Å². The van der Waals surface area contributed by atoms with E-state index in [4.69, 9.17) is 9.15 Å². The van der Waals surface area contributed by atoms with Crippen molar-refractivity contribution in [2.24, 2.45) is 0 Å². The number of furan rings is 1. The minimum atomic E-state index is -0.906. The van der Waals surface area contributed by atoms with Crippen LogP contribution in [0.2, 0.25) is 0 Å². The number of benzene rings is 1. The van der Waals surface area contributed by atoms with Crippen LogP contribution in [-0.2, 0) is 9.59 Å². The molecule has 0 bridgehead atoms. The van der Waals surface area contributed by atoms with Gasteiger partial charge < -0.3 is 14.3 Å². The van der Waals surface area contributed by atoms with Crippen LogP contribution >= 0.6 is 11.3 Å². The Hall–Kier alpha value is -3.39. The summed E-state index contributed by atoms with van der Waals surface area (Å²) < 4.78 is 10.7. The van der Waals surface area contributed by atoms with E-state index in [1.807, 2.05) is 13.8 Å². The molecule has 1 aliphatic heterocycles. The number of ether oxygens (including phenoxy) is 1. The number of anilines is 1. The predicted octanol–water partition coefficient (Wildman–Crippen LogP) is 3.99. The van der Waals surface area contributed by atoms with Crippen LogP contribution in [-0.4, -0.2) is 28.9 Å². The molecular formula is C21H18N2O5S. The highest BCUT2D eigenvalue weighted by Gasteiger charge is 2.49. The molecule has 148 valence electrons. The van der Waals surface area contributed by atoms with Crippen LogP contribution in [0.25, 0.3) is 5.76 Å². The number of rotatable bonds is 4. The summed E-state index contributed by atoms with van der Waals surface area (Å²) in [5.41, 5.74) is 1.13. The molecule has 29 heavy (non-hydrogen) atoms. The first kappa shape index (κ1) is 18.9. The molecule has 1 unspecified atom stereocenters. The van der Waals surface area contributed by atoms with Crippen molar-refractivity contribution in [3.8, 4) is 5.75 Å². The summed E-state index contributed by atoms with van der Waals surface area (Å²) >= 11 is 1.31. The number of amides is 1. The average molecular weight is 410 g/mol. The van der Waals surface area contributed by atoms with Crippen LogP contribution in [0, 0.1) is 13.8 Å². The number of thiazole rings is 1. The standard InChI is InChI=1S/C21H18N2O5S/c1-11-12(2)29-21(22-11)23-17(15-5-4-10-28-15)16(19(25)20(23)26)18(24)13-6-8-14(27-3)9-7-13/h4-10,17,24H,1-3H3/b18-16+. The van der Waals surface area contributed by atoms with Crippen LogP contribution in [0.1, 0.15) is 27.9 Å². The van der Waals surface area contributed by atoms with Gasteiger partial charge in [-0.15, -0.1) is 11.3 Å². The molecule has 0 radical (unpaired) electrons. The smallest absolute Gasteiger partial charge is 0.302 e. The van der Waals surface area contributed by atoms with Gasteiger partial charge in [0.05, 0.1) is 24.6 Å². The summed E-state index contributed by atoms with van der Waals surface area (Å²) in [5, 5.41) is 11.3. The largest absolute Gasteiger partial charge is 0.507 e. The number of carbonyl (C=O) groups excluding carboxylic acids is 2. The third-order valence-electron chi connectivity index (χ3n) is 4.84. The summed E-state index contributed by atoms with van der Waals surface area (Å²) in [4.78, 5) is 32.5. The van der Waals surface area contributed by atoms with Gasteiger partial charge in [-0.25, -0.2) is 4.98 Å². The highest BCUT2D eigenvalue weighted by molar-refractivity contribution is 7.16. The lowest BCUT2D eigenvalue weighted by atomic mass is 9.99. The molecule has 1 amide bonds. The first-order valence-corrected chi connectivity index (χ1v) is 9.67. The zero-order valence-corrected chi connectivity index (χ0v) is 16.8. The topological polar surface area (TPSA) is 92.9 Å². The summed E-state index contributed by atoms with van der Waals surface area (Å²) in [6, 6.07) is 9.01. The van der Waals surface area contributed by atoms with Gasteiger partial charge in [-0.1, -0.05) is 0 Å². The number of aryl methyl sites for hydroxylation is 2. The van der Waals surface area contributed by atoms with Crippen LogP contribution in [0.4, 0.5) is 5.13 Å². The maximum Gasteiger partial charge on any atom is 0.302 e. The molecule has 0 spiro atoms. The molecule has 1 aliphatic rings. The van der Waals surface area contributed by atoms with E-state index in [0.29, 0.717) is 22.2 Å². The van der Waals surface area contributed by atoms with E-state index < -0.39 is 17.7 Å². The van der Waals surface area contributed by atoms with Crippen molar-refractivity contribution in [2.45, 2.75) is 19.9 Å². The van der Waals surface area contributed by atoms with E-state index in [1.165, 1.54) is 29.6 Å². The van der Waals surface area contributed by atoms with E-state index in [-0.39, 0.29) is 11.3 Å². The molecule has 4 rings (SSSR count). The van der Waals surface area contributed by atoms with Gasteiger partial charge in [0.1, 0.15) is 23.3 Å². The number of nitrogens with zero attached hydrogens (tertiary/aromatic N) is 2. The fourth-order valence-corrected chi connectivity index (χ4v) is 4.15. The lowest BCUT2D eigenvalue weighted by Crippen LogP contribution is -2.29. The predicted molar refractivity (Wildman–Crippen MR) is 108 cm³/mol. The Labute approximate surface area is 170 Å². The minimum Gasteiger partial charge on any atom is -0.507 e. The first-order chi connectivity index (χ1) is 13.9. The van der Waals surface area contributed by atoms with Crippen molar-refractivity contribution in [1.82, 2.24) is 4.98 Å². The number of hydrogen-bond donors (Lipinski definition) is 1. The maximum atomic E-state index is 12.9. The molecule has 3 aromatic rings. The van der Waals surface area contributed by atoms with Gasteiger partial charge in [0.25, 0.3) is 5.78 Å². The third-order valence-corrected chi connectivity index (χ3v) is 5.92. The number of aromatic nitrogens is 1. The normalized spacial score (nSPS) is 18.4. The quantitative estimate of drug-likeness (QED) is 0.397. The number of aliphatic hydroxyl groups is 1. The second-order valence-corrected chi connectivity index (χ2v) is 7.73. The second kappa shape index (κ2) is 7.21. The van der Waals surface area contributed by atoms with Gasteiger partial charge in [-0.05, 0) is 50.2 Å². The molecule has 1 aromatic carbocycles. The van der Waals surface area contributed by atoms with Gasteiger partial charge in [-0.3, -0.25) is 14.5 Å². The average Bonchev–Trinajstić information content (AvgIpc) is 3.42. The number of aliphatic hydroxyl groups excluding tert-OH is 1. The summed E-state index contributed by atoms with van der Waals surface area (Å²) in [5.74, 6) is -0.844. The zero-order chi connectivity index (χ0) is 20.7. The van der Waals surface area contributed by atoms with Gasteiger partial charge in [-0.2, -0.15) is 0 Å². The highest BCUT2D eigenvalue weighted by atomic mass is 32.1. The highest BCUT2D eigenvalue weighted by Crippen LogP contribution is 2.43. The van der Waals surface area contributed by atoms with Crippen molar-refractivity contribution in [3.05, 3.63) is 70.1 Å². The Balaban J connectivity index is 1.89. The number of methoxy groups -OCH3 is 1. The SMILES string of the molecule is COc1ccc(/C(O)=C2\C(=O)C(=O)N(c3nc(C)c(C)s3)C2c2ccco2)cc1. The van der Waals surface area contributed by atoms with Crippen molar-refractivity contribution in [1.29, 1.82) is 0 Å². The molecule has 1 atom stereocenters. The molecule has 2 aromatic heterocycles. The van der Waals surface area contributed by atoms with Gasteiger partial charge in [0.2, 0.25) is 0 Å². The van der Waals surface area contributed by atoms with Gasteiger partial charge >= 0.3 is 5.91 Å². The first-order valence-electron chi connectivity index (χ1n) is 8.85. The summed E-state index contributed by atoms with van der Waals surface area (Å²) in [7, 11) is 1.54. The second-order valence-electron chi connectivity index (χ2n) is 6.55. The third kappa shape index (κ3) is 3.11. The fraction of sp³-hybridized carbons (Fsp3) is 0.190. The maximum absolute atomic E-state index is 12.9. The molecule has 3 heterocycles. The molecule has 0 aliphatic carbocycles. The van der Waals surface area contributed by atoms with Crippen molar-refractivity contribution in [2.75, 3.05) is 12.0 Å². The van der Waals surface area contributed by atoms with E-state index in [0.717, 1.165) is 10.6 Å². The van der Waals surface area contributed by atoms with Crippen LogP contribution < -0.4 is 9.64 Å². The van der Waals surface area contributed by atoms with Crippen molar-refractivity contribution >= 4 is 33.9 Å². The fourth-order valence-electron chi connectivity index (χ4n) is 3.21. The Kier molecular flexibility index (Phi) is 4.71. The number of Topliss-reactive ketones (excluding diaryl/α,β-unsaturated/α-hetero) is 1. The Morgan fingerprint density at radius 3 is 2.48 bits per heavy atom. The van der Waals surface area contributed by atoms with Crippen LogP contribution in [0.3, 0.4) is 0 Å². The van der Waals surface area contributed by atoms with Gasteiger partial charge in [0.15, 0.2) is 5.13 Å². The van der Waals surface area contributed by atoms with Crippen LogP contribution in [0.5, 0.6) is 5.75 Å². The Bertz CT molecular complexity index is 1090. The van der Waals surface area contributed by atoms with E-state index in [1.54, 1.807) is 36.4 Å². The number of ketones is 1. The van der Waals surface area contributed by atoms with Crippen molar-refractivity contribution in [3.63, 3.8) is 0 Å². The number of carbonyl (C=O) groups is 2. The minimum absolute atomic E-state index is 0.0411. The molecule has 1 fully saturated rings. The molecule has 1 saturated heterocycles. The Morgan fingerprint density at radius 1 is 1.21 bits per heavy atom. The molecule has 1 N–H and O–H groups in total. The van der Waals surface area contributed by atoms with E-state index in [9.17, 15) is 14.7 Å². The molecular weight excluding hydrogens is 392 g/mol. The molecule has 8 heteroatoms. The summed E-state index contributed by atoms with van der Waals surface area (Å²) in [6.07, 6.45) is 1.46. The number of hydrogen-bond acceptors (Lipinski definition) is 7. The molecule has 0 saturated carbocycles. The lowest BCUT2D eigenvalue weighted by Gasteiger charge is -2.20. The monoisotopic (exact) mass is 410 g/mol. The van der Waals surface area contributed by atoms with Crippen molar-refractivity contribution < 1.29 is 23.8 Å².